The van der Waals surface area contributed by atoms with Crippen molar-refractivity contribution in [1.29, 1.82) is 0 Å². The average Bonchev–Trinajstić information content (AvgIpc) is 2.67. The second-order valence-electron chi connectivity index (χ2n) is 6.39. The predicted octanol–water partition coefficient (Wildman–Crippen LogP) is -2.38. The van der Waals surface area contributed by atoms with Gasteiger partial charge in [0.05, 0.1) is 39.3 Å². The van der Waals surface area contributed by atoms with E-state index in [1.165, 1.54) is 6.08 Å². The predicted molar refractivity (Wildman–Crippen MR) is 91.8 cm³/mol. The third-order valence-electron chi connectivity index (χ3n) is 4.69. The summed E-state index contributed by atoms with van der Waals surface area (Å²) >= 11 is 0. The molecule has 0 saturated carbocycles. The van der Waals surface area contributed by atoms with Gasteiger partial charge in [0.25, 0.3) is 0 Å². The van der Waals surface area contributed by atoms with Crippen molar-refractivity contribution < 1.29 is 54.4 Å². The first-order chi connectivity index (χ1) is 13.2. The first-order valence-corrected chi connectivity index (χ1v) is 8.69. The Morgan fingerprint density at radius 3 is 2.21 bits per heavy atom. The van der Waals surface area contributed by atoms with Crippen LogP contribution in [0.5, 0.6) is 0 Å². The van der Waals surface area contributed by atoms with Crippen LogP contribution in [0.15, 0.2) is 11.6 Å². The van der Waals surface area contributed by atoms with E-state index in [-0.39, 0.29) is 6.61 Å². The van der Waals surface area contributed by atoms with Gasteiger partial charge in [-0.15, -0.1) is 0 Å². The fraction of sp³-hybridized carbons (Fsp3) is 0.765. The molecule has 1 aliphatic rings. The molecule has 0 aromatic heterocycles. The quantitative estimate of drug-likeness (QED) is 0.168. The number of methoxy groups -OCH3 is 1. The summed E-state index contributed by atoms with van der Waals surface area (Å²) in [6.07, 6.45) is -6.35. The van der Waals surface area contributed by atoms with Gasteiger partial charge in [-0.05, 0) is 12.5 Å². The second kappa shape index (κ2) is 11.4. The van der Waals surface area contributed by atoms with Gasteiger partial charge in [0.15, 0.2) is 6.29 Å². The van der Waals surface area contributed by atoms with E-state index < -0.39 is 74.1 Å². The highest BCUT2D eigenvalue weighted by molar-refractivity contribution is 5.75. The van der Waals surface area contributed by atoms with E-state index in [2.05, 4.69) is 4.74 Å². The number of hydrogen-bond donors (Lipinski definition) is 6. The van der Waals surface area contributed by atoms with Crippen molar-refractivity contribution in [3.05, 3.63) is 11.6 Å². The Bertz CT molecular complexity index is 547. The summed E-state index contributed by atoms with van der Waals surface area (Å²) in [5, 5.41) is 57.5. The highest BCUT2D eigenvalue weighted by Gasteiger charge is 2.44. The van der Waals surface area contributed by atoms with Gasteiger partial charge in [0.2, 0.25) is 0 Å². The second-order valence-corrected chi connectivity index (χ2v) is 6.39. The van der Waals surface area contributed by atoms with Gasteiger partial charge >= 0.3 is 11.9 Å². The van der Waals surface area contributed by atoms with Gasteiger partial charge in [-0.1, -0.05) is 6.08 Å². The molecule has 1 rings (SSSR count). The number of carboxylic acid groups (broad SMARTS) is 1. The zero-order valence-electron chi connectivity index (χ0n) is 15.7. The van der Waals surface area contributed by atoms with Crippen molar-refractivity contribution in [3.63, 3.8) is 0 Å². The third kappa shape index (κ3) is 5.95. The summed E-state index contributed by atoms with van der Waals surface area (Å²) < 4.78 is 15.3. The lowest BCUT2D eigenvalue weighted by Crippen LogP contribution is -2.59. The number of aliphatic hydroxyl groups excluding tert-OH is 5. The first kappa shape index (κ1) is 24.4. The highest BCUT2D eigenvalue weighted by Crippen LogP contribution is 2.28. The molecule has 0 bridgehead atoms. The number of carbonyl (C=O) groups excluding carboxylic acids is 1. The smallest absolute Gasteiger partial charge is 0.311 e. The molecular weight excluding hydrogens is 380 g/mol. The molecule has 7 atom stereocenters. The fourth-order valence-electron chi connectivity index (χ4n) is 3.03. The van der Waals surface area contributed by atoms with Gasteiger partial charge in [0, 0.05) is 5.92 Å². The lowest BCUT2D eigenvalue weighted by molar-refractivity contribution is -0.299. The van der Waals surface area contributed by atoms with Crippen molar-refractivity contribution in [1.82, 2.24) is 0 Å². The average molecular weight is 408 g/mol. The van der Waals surface area contributed by atoms with Crippen LogP contribution in [-0.2, 0) is 23.8 Å². The van der Waals surface area contributed by atoms with Crippen molar-refractivity contribution in [2.75, 3.05) is 26.9 Å². The highest BCUT2D eigenvalue weighted by atomic mass is 16.7. The van der Waals surface area contributed by atoms with Gasteiger partial charge in [-0.3, -0.25) is 9.59 Å². The Balaban J connectivity index is 2.94. The Kier molecular flexibility index (Phi) is 9.96. The lowest BCUT2D eigenvalue weighted by Gasteiger charge is -2.40. The molecule has 1 aliphatic heterocycles. The Morgan fingerprint density at radius 2 is 1.75 bits per heavy atom. The number of ether oxygens (including phenoxy) is 3. The normalized spacial score (nSPS) is 30.5. The van der Waals surface area contributed by atoms with Crippen molar-refractivity contribution in [3.8, 4) is 0 Å². The van der Waals surface area contributed by atoms with Gasteiger partial charge < -0.3 is 44.8 Å². The summed E-state index contributed by atoms with van der Waals surface area (Å²) in [7, 11) is 1.11. The standard InChI is InChI=1S/C17H28O11/c1-3-8(9(4-12(20)21)10(5-18)16(25)26-2)7-27-17-15(24)14(23)13(22)11(6-19)28-17/h3,9-11,13-15,17-19,22-24H,4-7H2,1-2H3,(H,20,21)/b8-3-/t9-,10?,11+,13+,14-,15+,17+/m0/s1. The van der Waals surface area contributed by atoms with E-state index in [9.17, 15) is 35.1 Å². The number of carbonyl (C=O) groups is 2. The fourth-order valence-corrected chi connectivity index (χ4v) is 3.03. The van der Waals surface area contributed by atoms with Crippen molar-refractivity contribution in [2.24, 2.45) is 11.8 Å². The third-order valence-corrected chi connectivity index (χ3v) is 4.69. The van der Waals surface area contributed by atoms with Crippen molar-refractivity contribution >= 4 is 11.9 Å². The molecule has 6 N–H and O–H groups in total. The summed E-state index contributed by atoms with van der Waals surface area (Å²) in [5.74, 6) is -4.10. The van der Waals surface area contributed by atoms with E-state index in [1.807, 2.05) is 0 Å². The number of aliphatic hydroxyl groups is 5. The molecule has 0 spiro atoms. The molecule has 0 aromatic rings. The minimum Gasteiger partial charge on any atom is -0.481 e. The number of aliphatic carboxylic acids is 1. The monoisotopic (exact) mass is 408 g/mol. The maximum Gasteiger partial charge on any atom is 0.311 e. The van der Waals surface area contributed by atoms with Crippen LogP contribution in [0, 0.1) is 11.8 Å². The first-order valence-electron chi connectivity index (χ1n) is 8.69. The molecule has 0 aliphatic carbocycles. The molecule has 0 radical (unpaired) electrons. The summed E-state index contributed by atoms with van der Waals surface area (Å²) in [6.45, 7) is -0.00295. The Labute approximate surface area is 161 Å². The van der Waals surface area contributed by atoms with E-state index in [1.54, 1.807) is 6.92 Å². The van der Waals surface area contributed by atoms with Crippen LogP contribution in [0.2, 0.25) is 0 Å². The maximum absolute atomic E-state index is 11.9. The number of esters is 1. The van der Waals surface area contributed by atoms with Crippen LogP contribution in [0.3, 0.4) is 0 Å². The maximum atomic E-state index is 11.9. The van der Waals surface area contributed by atoms with Crippen LogP contribution in [0.1, 0.15) is 13.3 Å². The van der Waals surface area contributed by atoms with Crippen LogP contribution >= 0.6 is 0 Å². The topological polar surface area (TPSA) is 183 Å². The van der Waals surface area contributed by atoms with Crippen LogP contribution < -0.4 is 0 Å². The van der Waals surface area contributed by atoms with E-state index in [0.717, 1.165) is 7.11 Å². The number of carboxylic acids is 1. The minimum atomic E-state index is -1.62. The summed E-state index contributed by atoms with van der Waals surface area (Å²) in [5.41, 5.74) is 0.323. The molecular formula is C17H28O11. The minimum absolute atomic E-state index is 0.301. The van der Waals surface area contributed by atoms with E-state index >= 15 is 0 Å². The summed E-state index contributed by atoms with van der Waals surface area (Å²) in [6, 6.07) is 0. The lowest BCUT2D eigenvalue weighted by atomic mass is 9.83. The van der Waals surface area contributed by atoms with Gasteiger partial charge in [0.1, 0.15) is 24.4 Å². The SMILES string of the molecule is C/C=C(/CO[C@@H]1O[C@H](CO)[C@@H](O)[C@H](O)[C@H]1O)[C@H](CC(=O)O)C(CO)C(=O)OC. The van der Waals surface area contributed by atoms with Crippen LogP contribution in [-0.4, -0.2) is 100 Å². The molecule has 1 unspecified atom stereocenters. The molecule has 1 heterocycles. The Hall–Kier alpha value is -1.60. The number of hydrogen-bond acceptors (Lipinski definition) is 10. The van der Waals surface area contributed by atoms with Gasteiger partial charge in [-0.2, -0.15) is 0 Å². The van der Waals surface area contributed by atoms with Crippen LogP contribution in [0.25, 0.3) is 0 Å². The Morgan fingerprint density at radius 1 is 1.11 bits per heavy atom. The molecule has 28 heavy (non-hydrogen) atoms. The largest absolute Gasteiger partial charge is 0.481 e. The zero-order chi connectivity index (χ0) is 21.4. The molecule has 1 fully saturated rings. The van der Waals surface area contributed by atoms with Crippen molar-refractivity contribution in [2.45, 2.75) is 44.1 Å². The summed E-state index contributed by atoms with van der Waals surface area (Å²) in [4.78, 5) is 23.1. The number of allylic oxidation sites excluding steroid dienone is 1. The van der Waals surface area contributed by atoms with Gasteiger partial charge in [-0.25, -0.2) is 0 Å². The van der Waals surface area contributed by atoms with E-state index in [0.29, 0.717) is 5.57 Å². The number of rotatable bonds is 10. The van der Waals surface area contributed by atoms with Crippen LogP contribution in [0.4, 0.5) is 0 Å². The molecule has 11 nitrogen and oxygen atoms in total. The zero-order valence-corrected chi connectivity index (χ0v) is 15.7. The molecule has 1 saturated heterocycles. The molecule has 11 heteroatoms. The van der Waals surface area contributed by atoms with E-state index in [4.69, 9.17) is 14.6 Å². The molecule has 162 valence electrons. The molecule has 0 amide bonds. The molecule has 0 aromatic carbocycles.